The molecular weight excluding hydrogens is 135 g/mol. The Morgan fingerprint density at radius 3 is 2.80 bits per heavy atom. The highest BCUT2D eigenvalue weighted by Crippen LogP contribution is 2.11. The zero-order valence-corrected chi connectivity index (χ0v) is 5.64. The Morgan fingerprint density at radius 2 is 2.40 bits per heavy atom. The van der Waals surface area contributed by atoms with Gasteiger partial charge in [-0.15, -0.1) is 0 Å². The van der Waals surface area contributed by atoms with Gasteiger partial charge >= 0.3 is 0 Å². The monoisotopic (exact) mass is 146 g/mol. The minimum atomic E-state index is -0.862. The minimum Gasteiger partial charge on any atom is -0.368 e. The average Bonchev–Trinajstić information content (AvgIpc) is 1.88. The highest BCUT2D eigenvalue weighted by atomic mass is 19.1. The normalized spacial score (nSPS) is 33.7. The summed E-state index contributed by atoms with van der Waals surface area (Å²) in [6.07, 6.45) is -0.141. The average molecular weight is 146 g/mol. The number of nitrogens with two attached hydrogens (primary N) is 1. The summed E-state index contributed by atoms with van der Waals surface area (Å²) in [4.78, 5) is 10.5. The lowest BCUT2D eigenvalue weighted by Crippen LogP contribution is -2.47. The number of piperidine rings is 1. The highest BCUT2D eigenvalue weighted by molar-refractivity contribution is 5.79. The quantitative estimate of drug-likeness (QED) is 0.527. The van der Waals surface area contributed by atoms with Crippen LogP contribution in [0.2, 0.25) is 0 Å². The third-order valence-corrected chi connectivity index (χ3v) is 1.68. The summed E-state index contributed by atoms with van der Waals surface area (Å²) < 4.78 is 12.5. The van der Waals surface area contributed by atoms with Crippen LogP contribution in [0.15, 0.2) is 0 Å². The fraction of sp³-hybridized carbons (Fsp3) is 0.833. The van der Waals surface area contributed by atoms with E-state index < -0.39 is 18.1 Å². The van der Waals surface area contributed by atoms with E-state index in [1.807, 2.05) is 0 Å². The molecule has 4 heteroatoms. The Hall–Kier alpha value is -0.640. The van der Waals surface area contributed by atoms with Crippen molar-refractivity contribution in [3.63, 3.8) is 0 Å². The number of amides is 1. The molecule has 0 radical (unpaired) electrons. The molecule has 58 valence electrons. The molecule has 1 rings (SSSR count). The maximum atomic E-state index is 12.5. The van der Waals surface area contributed by atoms with Crippen molar-refractivity contribution in [1.29, 1.82) is 0 Å². The van der Waals surface area contributed by atoms with Crippen LogP contribution in [0.3, 0.4) is 0 Å². The second kappa shape index (κ2) is 2.96. The molecule has 3 nitrogen and oxygen atoms in total. The molecule has 0 aromatic heterocycles. The smallest absolute Gasteiger partial charge is 0.234 e. The molecule has 1 saturated heterocycles. The van der Waals surface area contributed by atoms with Crippen molar-refractivity contribution in [2.75, 3.05) is 6.54 Å². The summed E-state index contributed by atoms with van der Waals surface area (Å²) >= 11 is 0. The molecule has 1 amide bonds. The summed E-state index contributed by atoms with van der Waals surface area (Å²) in [5, 5.41) is 2.83. The molecule has 0 bridgehead atoms. The van der Waals surface area contributed by atoms with Gasteiger partial charge in [-0.05, 0) is 13.0 Å². The number of primary amides is 1. The Bertz CT molecular complexity index is 140. The Balaban J connectivity index is 2.39. The van der Waals surface area contributed by atoms with Gasteiger partial charge in [0.15, 0.2) is 0 Å². The van der Waals surface area contributed by atoms with Crippen molar-refractivity contribution in [2.45, 2.75) is 25.1 Å². The first-order valence-corrected chi connectivity index (χ1v) is 3.37. The molecule has 1 aliphatic heterocycles. The third-order valence-electron chi connectivity index (χ3n) is 1.68. The topological polar surface area (TPSA) is 55.1 Å². The van der Waals surface area contributed by atoms with Gasteiger partial charge in [-0.3, -0.25) is 4.79 Å². The molecule has 3 N–H and O–H groups in total. The highest BCUT2D eigenvalue weighted by Gasteiger charge is 2.24. The minimum absolute atomic E-state index is 0.231. The van der Waals surface area contributed by atoms with E-state index in [9.17, 15) is 9.18 Å². The molecule has 0 saturated carbocycles. The van der Waals surface area contributed by atoms with Crippen molar-refractivity contribution >= 4 is 5.91 Å². The Labute approximate surface area is 58.8 Å². The zero-order valence-electron chi connectivity index (χ0n) is 5.64. The van der Waals surface area contributed by atoms with Gasteiger partial charge < -0.3 is 11.1 Å². The van der Waals surface area contributed by atoms with Crippen LogP contribution in [0, 0.1) is 0 Å². The van der Waals surface area contributed by atoms with Crippen LogP contribution in [-0.4, -0.2) is 24.7 Å². The Kier molecular flexibility index (Phi) is 2.21. The van der Waals surface area contributed by atoms with Crippen LogP contribution < -0.4 is 11.1 Å². The van der Waals surface area contributed by atoms with E-state index in [1.54, 1.807) is 0 Å². The van der Waals surface area contributed by atoms with Crippen LogP contribution in [0.5, 0.6) is 0 Å². The third kappa shape index (κ3) is 1.67. The van der Waals surface area contributed by atoms with E-state index >= 15 is 0 Å². The fourth-order valence-electron chi connectivity index (χ4n) is 1.09. The maximum absolute atomic E-state index is 12.5. The van der Waals surface area contributed by atoms with Gasteiger partial charge in [0.2, 0.25) is 5.91 Å². The molecular formula is C6H11FN2O. The van der Waals surface area contributed by atoms with Gasteiger partial charge in [-0.25, -0.2) is 4.39 Å². The summed E-state index contributed by atoms with van der Waals surface area (Å²) in [6.45, 7) is 0.550. The number of alkyl halides is 1. The van der Waals surface area contributed by atoms with Crippen LogP contribution in [0.4, 0.5) is 4.39 Å². The lowest BCUT2D eigenvalue weighted by molar-refractivity contribution is -0.121. The number of hydrogen-bond donors (Lipinski definition) is 2. The fourth-order valence-corrected chi connectivity index (χ4v) is 1.09. The lowest BCUT2D eigenvalue weighted by Gasteiger charge is -2.23. The van der Waals surface area contributed by atoms with Crippen LogP contribution >= 0.6 is 0 Å². The standard InChI is InChI=1S/C6H11FN2O/c7-4-1-2-9-5(3-4)6(8)10/h4-5,9H,1-3H2,(H2,8,10). The molecule has 1 heterocycles. The summed E-state index contributed by atoms with van der Waals surface area (Å²) in [5.74, 6) is -0.456. The Morgan fingerprint density at radius 1 is 1.70 bits per heavy atom. The summed E-state index contributed by atoms with van der Waals surface area (Å²) in [6, 6.07) is -0.455. The van der Waals surface area contributed by atoms with Gasteiger partial charge in [0, 0.05) is 6.42 Å². The molecule has 2 atom stereocenters. The number of hydrogen-bond acceptors (Lipinski definition) is 2. The van der Waals surface area contributed by atoms with Gasteiger partial charge in [0.25, 0.3) is 0 Å². The van der Waals surface area contributed by atoms with Crippen molar-refractivity contribution < 1.29 is 9.18 Å². The van der Waals surface area contributed by atoms with Gasteiger partial charge in [-0.2, -0.15) is 0 Å². The van der Waals surface area contributed by atoms with Crippen LogP contribution in [0.25, 0.3) is 0 Å². The van der Waals surface area contributed by atoms with E-state index in [4.69, 9.17) is 5.73 Å². The molecule has 1 aliphatic rings. The number of carbonyl (C=O) groups excluding carboxylic acids is 1. The van der Waals surface area contributed by atoms with E-state index in [0.29, 0.717) is 13.0 Å². The SMILES string of the molecule is NC(=O)C1CC(F)CCN1. The molecule has 10 heavy (non-hydrogen) atoms. The van der Waals surface area contributed by atoms with E-state index in [1.165, 1.54) is 0 Å². The number of carbonyl (C=O) groups is 1. The molecule has 0 aromatic carbocycles. The van der Waals surface area contributed by atoms with Gasteiger partial charge in [0.05, 0.1) is 6.04 Å². The zero-order chi connectivity index (χ0) is 7.56. The second-order valence-corrected chi connectivity index (χ2v) is 2.53. The van der Waals surface area contributed by atoms with E-state index in [2.05, 4.69) is 5.32 Å². The molecule has 0 aliphatic carbocycles. The predicted molar refractivity (Wildman–Crippen MR) is 35.1 cm³/mol. The largest absolute Gasteiger partial charge is 0.368 e. The van der Waals surface area contributed by atoms with Crippen molar-refractivity contribution in [2.24, 2.45) is 5.73 Å². The second-order valence-electron chi connectivity index (χ2n) is 2.53. The summed E-state index contributed by atoms with van der Waals surface area (Å²) in [5.41, 5.74) is 4.96. The first-order valence-electron chi connectivity index (χ1n) is 3.37. The molecule has 0 spiro atoms. The van der Waals surface area contributed by atoms with Gasteiger partial charge in [-0.1, -0.05) is 0 Å². The maximum Gasteiger partial charge on any atom is 0.234 e. The first kappa shape index (κ1) is 7.47. The lowest BCUT2D eigenvalue weighted by atomic mass is 10.0. The summed E-state index contributed by atoms with van der Waals surface area (Å²) in [7, 11) is 0. The van der Waals surface area contributed by atoms with Crippen molar-refractivity contribution in [3.05, 3.63) is 0 Å². The van der Waals surface area contributed by atoms with Crippen LogP contribution in [-0.2, 0) is 4.79 Å². The van der Waals surface area contributed by atoms with E-state index in [0.717, 1.165) is 0 Å². The molecule has 0 aromatic rings. The predicted octanol–water partition coefficient (Wildman–Crippen LogP) is -0.438. The number of halogens is 1. The van der Waals surface area contributed by atoms with Gasteiger partial charge in [0.1, 0.15) is 6.17 Å². The number of nitrogens with one attached hydrogen (secondary N) is 1. The van der Waals surface area contributed by atoms with Crippen molar-refractivity contribution in [3.8, 4) is 0 Å². The van der Waals surface area contributed by atoms with Crippen LogP contribution in [0.1, 0.15) is 12.8 Å². The number of rotatable bonds is 1. The molecule has 2 unspecified atom stereocenters. The first-order chi connectivity index (χ1) is 4.70. The van der Waals surface area contributed by atoms with Crippen molar-refractivity contribution in [1.82, 2.24) is 5.32 Å². The van der Waals surface area contributed by atoms with E-state index in [-0.39, 0.29) is 6.42 Å². The molecule has 1 fully saturated rings.